The minimum atomic E-state index is -0.396. The second kappa shape index (κ2) is 9.85. The van der Waals surface area contributed by atoms with Gasteiger partial charge in [-0.1, -0.05) is 66.7 Å². The van der Waals surface area contributed by atoms with Crippen LogP contribution in [-0.2, 0) is 9.59 Å². The van der Waals surface area contributed by atoms with E-state index in [4.69, 9.17) is 0 Å². The molecule has 2 unspecified atom stereocenters. The Morgan fingerprint density at radius 1 is 0.759 bits per heavy atom. The second-order valence-corrected chi connectivity index (χ2v) is 7.76. The number of carbonyl (C=O) groups excluding carboxylic acids is 2. The van der Waals surface area contributed by atoms with E-state index in [1.54, 1.807) is 6.08 Å². The van der Waals surface area contributed by atoms with Crippen LogP contribution in [0.3, 0.4) is 0 Å². The lowest BCUT2D eigenvalue weighted by molar-refractivity contribution is -0.124. The first kappa shape index (κ1) is 20.6. The molecule has 2 N–H and O–H groups in total. The first-order chi connectivity index (χ1) is 14.0. The van der Waals surface area contributed by atoms with Crippen molar-refractivity contribution in [1.29, 1.82) is 0 Å². The Bertz CT molecular complexity index is 905. The van der Waals surface area contributed by atoms with Gasteiger partial charge in [0.1, 0.15) is 5.57 Å². The average Bonchev–Trinajstić information content (AvgIpc) is 3.26. The molecule has 0 aliphatic carbocycles. The highest BCUT2D eigenvalue weighted by atomic mass is 32.1. The van der Waals surface area contributed by atoms with Gasteiger partial charge in [-0.3, -0.25) is 9.59 Å². The quantitative estimate of drug-likeness (QED) is 0.335. The number of benzene rings is 2. The third-order valence-electron chi connectivity index (χ3n) is 4.61. The molecule has 0 fully saturated rings. The molecule has 4 nitrogen and oxygen atoms in total. The van der Waals surface area contributed by atoms with E-state index in [0.29, 0.717) is 0 Å². The molecule has 2 amide bonds. The van der Waals surface area contributed by atoms with Gasteiger partial charge in [0.15, 0.2) is 0 Å². The number of thiophene rings is 1. The third kappa shape index (κ3) is 5.65. The Balaban J connectivity index is 1.79. The van der Waals surface area contributed by atoms with Crippen molar-refractivity contribution in [2.45, 2.75) is 25.9 Å². The summed E-state index contributed by atoms with van der Waals surface area (Å²) in [5, 5.41) is 7.79. The largest absolute Gasteiger partial charge is 0.345 e. The summed E-state index contributed by atoms with van der Waals surface area (Å²) in [5.74, 6) is -0.792. The highest BCUT2D eigenvalue weighted by Gasteiger charge is 2.22. The maximum atomic E-state index is 13.0. The van der Waals surface area contributed by atoms with Gasteiger partial charge in [-0.05, 0) is 42.5 Å². The molecule has 0 saturated heterocycles. The fraction of sp³-hybridized carbons (Fsp3) is 0.167. The maximum Gasteiger partial charge on any atom is 0.257 e. The van der Waals surface area contributed by atoms with Crippen LogP contribution in [0.1, 0.15) is 41.9 Å². The van der Waals surface area contributed by atoms with E-state index in [9.17, 15) is 9.59 Å². The molecule has 3 aromatic rings. The molecule has 1 heterocycles. The standard InChI is InChI=1S/C24H24N2O2S/c1-17(19-10-5-3-6-11-19)25-23(27)22(16-21-14-9-15-29-21)24(28)26-18(2)20-12-7-4-8-13-20/h3-18H,1-2H3,(H,25,27)(H,26,28). The third-order valence-corrected chi connectivity index (χ3v) is 5.43. The fourth-order valence-corrected chi connectivity index (χ4v) is 3.61. The predicted octanol–water partition coefficient (Wildman–Crippen LogP) is 4.89. The van der Waals surface area contributed by atoms with Crippen molar-refractivity contribution in [2.24, 2.45) is 0 Å². The van der Waals surface area contributed by atoms with E-state index in [-0.39, 0.29) is 17.7 Å². The van der Waals surface area contributed by atoms with Gasteiger partial charge in [-0.2, -0.15) is 0 Å². The summed E-state index contributed by atoms with van der Waals surface area (Å²) in [6.07, 6.45) is 1.64. The molecule has 1 aromatic heterocycles. The Hall–Kier alpha value is -3.18. The lowest BCUT2D eigenvalue weighted by Crippen LogP contribution is -2.36. The molecule has 0 aliphatic rings. The average molecular weight is 405 g/mol. The van der Waals surface area contributed by atoms with Crippen molar-refractivity contribution in [3.05, 3.63) is 99.8 Å². The van der Waals surface area contributed by atoms with Crippen LogP contribution in [0.15, 0.2) is 83.7 Å². The second-order valence-electron chi connectivity index (χ2n) is 6.79. The van der Waals surface area contributed by atoms with Crippen molar-refractivity contribution < 1.29 is 9.59 Å². The number of rotatable bonds is 7. The smallest absolute Gasteiger partial charge is 0.257 e. The Morgan fingerprint density at radius 2 is 1.24 bits per heavy atom. The molecule has 5 heteroatoms. The van der Waals surface area contributed by atoms with Crippen LogP contribution in [0.2, 0.25) is 0 Å². The first-order valence-corrected chi connectivity index (χ1v) is 10.4. The van der Waals surface area contributed by atoms with E-state index in [0.717, 1.165) is 16.0 Å². The summed E-state index contributed by atoms with van der Waals surface area (Å²) in [7, 11) is 0. The van der Waals surface area contributed by atoms with Gasteiger partial charge in [0.25, 0.3) is 11.8 Å². The summed E-state index contributed by atoms with van der Waals surface area (Å²) in [5.41, 5.74) is 2.06. The molecular weight excluding hydrogens is 380 g/mol. The number of carbonyl (C=O) groups is 2. The van der Waals surface area contributed by atoms with Crippen LogP contribution in [0.5, 0.6) is 0 Å². The molecule has 2 aromatic carbocycles. The summed E-state index contributed by atoms with van der Waals surface area (Å²) in [6.45, 7) is 3.81. The Labute approximate surface area is 175 Å². The molecule has 3 rings (SSSR count). The van der Waals surface area contributed by atoms with Gasteiger partial charge in [0.2, 0.25) is 0 Å². The lowest BCUT2D eigenvalue weighted by atomic mass is 10.1. The van der Waals surface area contributed by atoms with Crippen molar-refractivity contribution >= 4 is 29.2 Å². The van der Waals surface area contributed by atoms with Crippen LogP contribution in [-0.4, -0.2) is 11.8 Å². The summed E-state index contributed by atoms with van der Waals surface area (Å²) in [6, 6.07) is 22.7. The molecule has 0 radical (unpaired) electrons. The van der Waals surface area contributed by atoms with Crippen molar-refractivity contribution in [1.82, 2.24) is 10.6 Å². The zero-order valence-electron chi connectivity index (χ0n) is 16.5. The lowest BCUT2D eigenvalue weighted by Gasteiger charge is -2.18. The SMILES string of the molecule is CC(NC(=O)C(=Cc1cccs1)C(=O)NC(C)c1ccccc1)c1ccccc1. The van der Waals surface area contributed by atoms with Crippen molar-refractivity contribution in [3.63, 3.8) is 0 Å². The van der Waals surface area contributed by atoms with E-state index in [1.807, 2.05) is 92.0 Å². The summed E-state index contributed by atoms with van der Waals surface area (Å²) >= 11 is 1.48. The fourth-order valence-electron chi connectivity index (χ4n) is 2.95. The minimum Gasteiger partial charge on any atom is -0.345 e. The molecule has 0 aliphatic heterocycles. The van der Waals surface area contributed by atoms with Gasteiger partial charge < -0.3 is 10.6 Å². The van der Waals surface area contributed by atoms with Crippen molar-refractivity contribution in [3.8, 4) is 0 Å². The minimum absolute atomic E-state index is 0.0954. The monoisotopic (exact) mass is 404 g/mol. The van der Waals surface area contributed by atoms with Crippen LogP contribution in [0.25, 0.3) is 6.08 Å². The van der Waals surface area contributed by atoms with E-state index in [2.05, 4.69) is 10.6 Å². The Morgan fingerprint density at radius 3 is 1.66 bits per heavy atom. The van der Waals surface area contributed by atoms with Gasteiger partial charge >= 0.3 is 0 Å². The molecule has 148 valence electrons. The van der Waals surface area contributed by atoms with E-state index >= 15 is 0 Å². The van der Waals surface area contributed by atoms with Gasteiger partial charge in [0, 0.05) is 4.88 Å². The van der Waals surface area contributed by atoms with E-state index < -0.39 is 11.8 Å². The van der Waals surface area contributed by atoms with Gasteiger partial charge in [0.05, 0.1) is 12.1 Å². The van der Waals surface area contributed by atoms with Crippen LogP contribution < -0.4 is 10.6 Å². The summed E-state index contributed by atoms with van der Waals surface area (Å²) in [4.78, 5) is 26.8. The highest BCUT2D eigenvalue weighted by molar-refractivity contribution is 7.10. The number of amides is 2. The molecule has 0 saturated carbocycles. The molecule has 29 heavy (non-hydrogen) atoms. The topological polar surface area (TPSA) is 58.2 Å². The first-order valence-electron chi connectivity index (χ1n) is 9.51. The van der Waals surface area contributed by atoms with Crippen LogP contribution in [0.4, 0.5) is 0 Å². The number of hydrogen-bond donors (Lipinski definition) is 2. The molecule has 0 spiro atoms. The molecule has 0 bridgehead atoms. The Kier molecular flexibility index (Phi) is 6.98. The van der Waals surface area contributed by atoms with Crippen molar-refractivity contribution in [2.75, 3.05) is 0 Å². The number of nitrogens with one attached hydrogen (secondary N) is 2. The zero-order valence-corrected chi connectivity index (χ0v) is 17.3. The highest BCUT2D eigenvalue weighted by Crippen LogP contribution is 2.18. The normalized spacial score (nSPS) is 12.5. The maximum absolute atomic E-state index is 13.0. The molecular formula is C24H24N2O2S. The van der Waals surface area contributed by atoms with Gasteiger partial charge in [-0.25, -0.2) is 0 Å². The zero-order chi connectivity index (χ0) is 20.6. The van der Waals surface area contributed by atoms with Crippen LogP contribution in [0, 0.1) is 0 Å². The molecule has 2 atom stereocenters. The van der Waals surface area contributed by atoms with Crippen LogP contribution >= 0.6 is 11.3 Å². The predicted molar refractivity (Wildman–Crippen MR) is 118 cm³/mol. The van der Waals surface area contributed by atoms with E-state index in [1.165, 1.54) is 11.3 Å². The number of hydrogen-bond acceptors (Lipinski definition) is 3. The summed E-state index contributed by atoms with van der Waals surface area (Å²) < 4.78 is 0. The van der Waals surface area contributed by atoms with Gasteiger partial charge in [-0.15, -0.1) is 11.3 Å².